The average Bonchev–Trinajstić information content (AvgIpc) is 2.39. The Kier molecular flexibility index (Phi) is 5.31. The van der Waals surface area contributed by atoms with Crippen LogP contribution in [0.15, 0.2) is 12.4 Å². The number of aromatic nitrogens is 2. The molecular formula is C15H27N5. The van der Waals surface area contributed by atoms with E-state index in [1.165, 1.54) is 0 Å². The molecule has 20 heavy (non-hydrogen) atoms. The lowest BCUT2D eigenvalue weighted by Gasteiger charge is -2.38. The lowest BCUT2D eigenvalue weighted by atomic mass is 10.2. The van der Waals surface area contributed by atoms with Crippen molar-refractivity contribution in [2.45, 2.75) is 33.4 Å². The van der Waals surface area contributed by atoms with Crippen molar-refractivity contribution in [2.24, 2.45) is 5.92 Å². The fourth-order valence-electron chi connectivity index (χ4n) is 2.56. The summed E-state index contributed by atoms with van der Waals surface area (Å²) in [7, 11) is 2.17. The molecule has 1 unspecified atom stereocenters. The summed E-state index contributed by atoms with van der Waals surface area (Å²) >= 11 is 0. The van der Waals surface area contributed by atoms with Gasteiger partial charge in [-0.3, -0.25) is 4.98 Å². The van der Waals surface area contributed by atoms with Gasteiger partial charge in [0, 0.05) is 32.2 Å². The topological polar surface area (TPSA) is 44.3 Å². The molecule has 0 aliphatic carbocycles. The highest BCUT2D eigenvalue weighted by molar-refractivity contribution is 5.38. The minimum atomic E-state index is 0.493. The van der Waals surface area contributed by atoms with Crippen LogP contribution in [0.5, 0.6) is 0 Å². The van der Waals surface area contributed by atoms with Crippen molar-refractivity contribution in [3.05, 3.63) is 18.1 Å². The lowest BCUT2D eigenvalue weighted by Crippen LogP contribution is -2.50. The van der Waals surface area contributed by atoms with E-state index in [9.17, 15) is 0 Å². The fraction of sp³-hybridized carbons (Fsp3) is 0.733. The Bertz CT molecular complexity index is 403. The Morgan fingerprint density at radius 3 is 2.70 bits per heavy atom. The van der Waals surface area contributed by atoms with E-state index < -0.39 is 0 Å². The van der Waals surface area contributed by atoms with Crippen LogP contribution in [-0.2, 0) is 6.54 Å². The lowest BCUT2D eigenvalue weighted by molar-refractivity contribution is 0.274. The largest absolute Gasteiger partial charge is 0.350 e. The van der Waals surface area contributed by atoms with Crippen LogP contribution in [0.25, 0.3) is 0 Å². The molecule has 5 heteroatoms. The summed E-state index contributed by atoms with van der Waals surface area (Å²) < 4.78 is 0. The summed E-state index contributed by atoms with van der Waals surface area (Å²) in [6.07, 6.45) is 3.81. The molecule has 112 valence electrons. The van der Waals surface area contributed by atoms with Crippen molar-refractivity contribution in [1.82, 2.24) is 20.2 Å². The van der Waals surface area contributed by atoms with Crippen LogP contribution in [0, 0.1) is 5.92 Å². The monoisotopic (exact) mass is 277 g/mol. The van der Waals surface area contributed by atoms with Crippen molar-refractivity contribution in [2.75, 3.05) is 38.1 Å². The third kappa shape index (κ3) is 4.15. The number of hydrogen-bond acceptors (Lipinski definition) is 5. The van der Waals surface area contributed by atoms with Gasteiger partial charge in [0.1, 0.15) is 5.82 Å². The zero-order valence-electron chi connectivity index (χ0n) is 13.1. The second-order valence-electron chi connectivity index (χ2n) is 6.20. The molecule has 0 aromatic carbocycles. The third-order valence-corrected chi connectivity index (χ3v) is 3.68. The Morgan fingerprint density at radius 1 is 1.30 bits per heavy atom. The molecule has 1 atom stereocenters. The summed E-state index contributed by atoms with van der Waals surface area (Å²) in [6.45, 7) is 11.7. The van der Waals surface area contributed by atoms with E-state index in [2.05, 4.69) is 52.9 Å². The maximum Gasteiger partial charge on any atom is 0.147 e. The first-order valence-corrected chi connectivity index (χ1v) is 7.53. The van der Waals surface area contributed by atoms with Crippen molar-refractivity contribution >= 4 is 5.82 Å². The Hall–Kier alpha value is -1.20. The molecule has 1 saturated heterocycles. The Labute approximate surface area is 122 Å². The molecule has 2 rings (SSSR count). The highest BCUT2D eigenvalue weighted by Gasteiger charge is 2.22. The predicted octanol–water partition coefficient (Wildman–Crippen LogP) is 1.36. The summed E-state index contributed by atoms with van der Waals surface area (Å²) in [6, 6.07) is 0.493. The van der Waals surface area contributed by atoms with Crippen LogP contribution >= 0.6 is 0 Å². The van der Waals surface area contributed by atoms with Gasteiger partial charge in [-0.2, -0.15) is 0 Å². The Balaban J connectivity index is 1.91. The van der Waals surface area contributed by atoms with E-state index in [0.29, 0.717) is 12.0 Å². The van der Waals surface area contributed by atoms with Crippen LogP contribution in [0.2, 0.25) is 0 Å². The van der Waals surface area contributed by atoms with Gasteiger partial charge in [0.15, 0.2) is 0 Å². The highest BCUT2D eigenvalue weighted by Crippen LogP contribution is 2.16. The van der Waals surface area contributed by atoms with Gasteiger partial charge in [0.05, 0.1) is 18.1 Å². The van der Waals surface area contributed by atoms with E-state index in [4.69, 9.17) is 0 Å². The van der Waals surface area contributed by atoms with Crippen molar-refractivity contribution in [3.63, 3.8) is 0 Å². The van der Waals surface area contributed by atoms with Gasteiger partial charge >= 0.3 is 0 Å². The number of rotatable bonds is 5. The summed E-state index contributed by atoms with van der Waals surface area (Å²) in [5, 5.41) is 3.39. The second kappa shape index (κ2) is 6.99. The van der Waals surface area contributed by atoms with Gasteiger partial charge in [-0.05, 0) is 26.4 Å². The standard InChI is InChI=1S/C15H27N5/c1-12(2)7-16-8-14-9-18-15(10-17-14)20-6-5-19(4)11-13(20)3/h9-10,12-13,16H,5-8,11H2,1-4H3. The molecule has 1 N–H and O–H groups in total. The molecule has 1 aliphatic heterocycles. The van der Waals surface area contributed by atoms with Gasteiger partial charge in [0.2, 0.25) is 0 Å². The molecule has 5 nitrogen and oxygen atoms in total. The molecule has 1 aromatic rings. The SMILES string of the molecule is CC(C)CNCc1cnc(N2CCN(C)CC2C)cn1. The van der Waals surface area contributed by atoms with Crippen LogP contribution in [0.1, 0.15) is 26.5 Å². The van der Waals surface area contributed by atoms with Gasteiger partial charge in [-0.15, -0.1) is 0 Å². The van der Waals surface area contributed by atoms with Crippen LogP contribution < -0.4 is 10.2 Å². The molecule has 0 amide bonds. The van der Waals surface area contributed by atoms with Gasteiger partial charge < -0.3 is 15.1 Å². The number of likely N-dealkylation sites (N-methyl/N-ethyl adjacent to an activating group) is 1. The van der Waals surface area contributed by atoms with E-state index in [0.717, 1.165) is 44.2 Å². The van der Waals surface area contributed by atoms with Gasteiger partial charge in [0.25, 0.3) is 0 Å². The molecule has 0 spiro atoms. The molecule has 0 bridgehead atoms. The second-order valence-corrected chi connectivity index (χ2v) is 6.20. The van der Waals surface area contributed by atoms with E-state index in [1.54, 1.807) is 0 Å². The highest BCUT2D eigenvalue weighted by atomic mass is 15.3. The zero-order chi connectivity index (χ0) is 14.5. The first-order valence-electron chi connectivity index (χ1n) is 7.53. The molecule has 0 saturated carbocycles. The van der Waals surface area contributed by atoms with Crippen LogP contribution in [0.3, 0.4) is 0 Å². The molecule has 1 fully saturated rings. The molecule has 2 heterocycles. The summed E-state index contributed by atoms with van der Waals surface area (Å²) in [4.78, 5) is 13.8. The molecule has 0 radical (unpaired) electrons. The first-order chi connectivity index (χ1) is 9.56. The van der Waals surface area contributed by atoms with Gasteiger partial charge in [-0.25, -0.2) is 4.98 Å². The normalized spacial score (nSPS) is 20.6. The number of nitrogens with zero attached hydrogens (tertiary/aromatic N) is 4. The number of anilines is 1. The summed E-state index contributed by atoms with van der Waals surface area (Å²) in [5.41, 5.74) is 1.01. The Morgan fingerprint density at radius 2 is 2.10 bits per heavy atom. The number of nitrogens with one attached hydrogen (secondary N) is 1. The average molecular weight is 277 g/mol. The number of piperazine rings is 1. The van der Waals surface area contributed by atoms with E-state index in [1.807, 2.05) is 12.4 Å². The fourth-order valence-corrected chi connectivity index (χ4v) is 2.56. The maximum atomic E-state index is 4.58. The predicted molar refractivity (Wildman–Crippen MR) is 82.9 cm³/mol. The van der Waals surface area contributed by atoms with Crippen LogP contribution in [-0.4, -0.2) is 54.1 Å². The molecule has 1 aliphatic rings. The smallest absolute Gasteiger partial charge is 0.147 e. The minimum absolute atomic E-state index is 0.493. The van der Waals surface area contributed by atoms with Crippen molar-refractivity contribution < 1.29 is 0 Å². The van der Waals surface area contributed by atoms with E-state index in [-0.39, 0.29) is 0 Å². The van der Waals surface area contributed by atoms with Crippen molar-refractivity contribution in [3.8, 4) is 0 Å². The van der Waals surface area contributed by atoms with Crippen molar-refractivity contribution in [1.29, 1.82) is 0 Å². The minimum Gasteiger partial charge on any atom is -0.350 e. The maximum absolute atomic E-state index is 4.58. The summed E-state index contributed by atoms with van der Waals surface area (Å²) in [5.74, 6) is 1.66. The van der Waals surface area contributed by atoms with E-state index >= 15 is 0 Å². The quantitative estimate of drug-likeness (QED) is 0.880. The first kappa shape index (κ1) is 15.2. The van der Waals surface area contributed by atoms with Crippen LogP contribution in [0.4, 0.5) is 5.82 Å². The molecular weight excluding hydrogens is 250 g/mol. The van der Waals surface area contributed by atoms with Gasteiger partial charge in [-0.1, -0.05) is 13.8 Å². The molecule has 1 aromatic heterocycles. The zero-order valence-corrected chi connectivity index (χ0v) is 13.1. The third-order valence-electron chi connectivity index (χ3n) is 3.68. The number of hydrogen-bond donors (Lipinski definition) is 1.